The molecule has 0 atom stereocenters. The van der Waals surface area contributed by atoms with Crippen molar-refractivity contribution in [1.29, 1.82) is 0 Å². The molecule has 4 rings (SSSR count). The SMILES string of the molecule is Cc1cc2ccccc2n1CC(=O)N1CCN(CC(=O)NC2CC2)CC1. The quantitative estimate of drug-likeness (QED) is 0.882. The van der Waals surface area contributed by atoms with Crippen LogP contribution in [0.15, 0.2) is 30.3 Å². The number of amides is 2. The van der Waals surface area contributed by atoms with Crippen molar-refractivity contribution in [2.24, 2.45) is 0 Å². The van der Waals surface area contributed by atoms with E-state index in [9.17, 15) is 9.59 Å². The van der Waals surface area contributed by atoms with Crippen LogP contribution < -0.4 is 5.32 Å². The van der Waals surface area contributed by atoms with Crippen molar-refractivity contribution in [2.45, 2.75) is 32.4 Å². The molecule has 1 aromatic carbocycles. The van der Waals surface area contributed by atoms with Crippen molar-refractivity contribution in [3.63, 3.8) is 0 Å². The van der Waals surface area contributed by atoms with Crippen molar-refractivity contribution < 1.29 is 9.59 Å². The van der Waals surface area contributed by atoms with E-state index in [2.05, 4.69) is 33.0 Å². The highest BCUT2D eigenvalue weighted by molar-refractivity contribution is 5.84. The lowest BCUT2D eigenvalue weighted by Gasteiger charge is -2.34. The number of carbonyl (C=O) groups excluding carboxylic acids is 2. The van der Waals surface area contributed by atoms with Gasteiger partial charge in [0.25, 0.3) is 0 Å². The molecule has 138 valence electrons. The number of hydrogen-bond donors (Lipinski definition) is 1. The van der Waals surface area contributed by atoms with Crippen molar-refractivity contribution >= 4 is 22.7 Å². The minimum Gasteiger partial charge on any atom is -0.352 e. The summed E-state index contributed by atoms with van der Waals surface area (Å²) in [6, 6.07) is 10.7. The van der Waals surface area contributed by atoms with Gasteiger partial charge < -0.3 is 14.8 Å². The zero-order chi connectivity index (χ0) is 18.1. The Kier molecular flexibility index (Phi) is 4.68. The predicted molar refractivity (Wildman–Crippen MR) is 101 cm³/mol. The molecule has 1 aliphatic heterocycles. The van der Waals surface area contributed by atoms with Crippen LogP contribution in [0.1, 0.15) is 18.5 Å². The monoisotopic (exact) mass is 354 g/mol. The summed E-state index contributed by atoms with van der Waals surface area (Å²) in [6.45, 7) is 5.76. The number of aromatic nitrogens is 1. The Hall–Kier alpha value is -2.34. The van der Waals surface area contributed by atoms with Crippen LogP contribution in [0.5, 0.6) is 0 Å². The fraction of sp³-hybridized carbons (Fsp3) is 0.500. The van der Waals surface area contributed by atoms with Crippen LogP contribution in [-0.2, 0) is 16.1 Å². The molecule has 2 fully saturated rings. The van der Waals surface area contributed by atoms with Crippen molar-refractivity contribution in [1.82, 2.24) is 19.7 Å². The second kappa shape index (κ2) is 7.11. The van der Waals surface area contributed by atoms with E-state index in [1.54, 1.807) is 0 Å². The summed E-state index contributed by atoms with van der Waals surface area (Å²) in [4.78, 5) is 28.7. The summed E-state index contributed by atoms with van der Waals surface area (Å²) in [5.74, 6) is 0.262. The average Bonchev–Trinajstić information content (AvgIpc) is 3.38. The minimum atomic E-state index is 0.113. The molecule has 2 amide bonds. The summed E-state index contributed by atoms with van der Waals surface area (Å²) < 4.78 is 2.09. The zero-order valence-electron chi connectivity index (χ0n) is 15.3. The highest BCUT2D eigenvalue weighted by Gasteiger charge is 2.26. The van der Waals surface area contributed by atoms with Gasteiger partial charge in [0.15, 0.2) is 0 Å². The van der Waals surface area contributed by atoms with Gasteiger partial charge in [-0.05, 0) is 37.3 Å². The number of benzene rings is 1. The van der Waals surface area contributed by atoms with Gasteiger partial charge in [-0.2, -0.15) is 0 Å². The van der Waals surface area contributed by atoms with Gasteiger partial charge in [-0.15, -0.1) is 0 Å². The minimum absolute atomic E-state index is 0.113. The third-order valence-electron chi connectivity index (χ3n) is 5.35. The molecule has 1 saturated heterocycles. The van der Waals surface area contributed by atoms with Crippen LogP contribution in [0.4, 0.5) is 0 Å². The molecule has 0 radical (unpaired) electrons. The number of nitrogens with one attached hydrogen (secondary N) is 1. The summed E-state index contributed by atoms with van der Waals surface area (Å²) in [5.41, 5.74) is 2.21. The Morgan fingerprint density at radius 2 is 1.81 bits per heavy atom. The zero-order valence-corrected chi connectivity index (χ0v) is 15.3. The highest BCUT2D eigenvalue weighted by atomic mass is 16.2. The third kappa shape index (κ3) is 3.75. The normalized spacial score (nSPS) is 18.3. The van der Waals surface area contributed by atoms with E-state index in [0.29, 0.717) is 32.2 Å². The number of rotatable bonds is 5. The van der Waals surface area contributed by atoms with Gasteiger partial charge in [-0.3, -0.25) is 14.5 Å². The highest BCUT2D eigenvalue weighted by Crippen LogP contribution is 2.20. The van der Waals surface area contributed by atoms with E-state index in [4.69, 9.17) is 0 Å². The molecule has 6 heteroatoms. The number of piperazine rings is 1. The molecule has 6 nitrogen and oxygen atoms in total. The van der Waals surface area contributed by atoms with E-state index >= 15 is 0 Å². The summed E-state index contributed by atoms with van der Waals surface area (Å²) in [6.07, 6.45) is 2.23. The fourth-order valence-electron chi connectivity index (χ4n) is 3.65. The fourth-order valence-corrected chi connectivity index (χ4v) is 3.65. The Morgan fingerprint density at radius 1 is 1.08 bits per heavy atom. The lowest BCUT2D eigenvalue weighted by molar-refractivity contribution is -0.133. The van der Waals surface area contributed by atoms with E-state index in [0.717, 1.165) is 37.1 Å². The molecule has 2 heterocycles. The van der Waals surface area contributed by atoms with Gasteiger partial charge in [-0.25, -0.2) is 0 Å². The second-order valence-corrected chi connectivity index (χ2v) is 7.43. The number of fused-ring (bicyclic) bond motifs is 1. The Morgan fingerprint density at radius 3 is 2.54 bits per heavy atom. The maximum Gasteiger partial charge on any atom is 0.242 e. The Balaban J connectivity index is 1.32. The Bertz CT molecular complexity index is 816. The molecule has 1 saturated carbocycles. The molecule has 1 aromatic heterocycles. The van der Waals surface area contributed by atoms with Gasteiger partial charge in [0.2, 0.25) is 11.8 Å². The van der Waals surface area contributed by atoms with Crippen LogP contribution >= 0.6 is 0 Å². The largest absolute Gasteiger partial charge is 0.352 e. The molecule has 0 unspecified atom stereocenters. The molecular formula is C20H26N4O2. The standard InChI is InChI=1S/C20H26N4O2/c1-15-12-16-4-2-3-5-18(16)24(15)14-20(26)23-10-8-22(9-11-23)13-19(25)21-17-6-7-17/h2-5,12,17H,6-11,13-14H2,1H3,(H,21,25). The predicted octanol–water partition coefficient (Wildman–Crippen LogP) is 1.37. The van der Waals surface area contributed by atoms with Gasteiger partial charge >= 0.3 is 0 Å². The summed E-state index contributed by atoms with van der Waals surface area (Å²) >= 11 is 0. The van der Waals surface area contributed by atoms with Gasteiger partial charge in [0.05, 0.1) is 6.54 Å². The number of hydrogen-bond acceptors (Lipinski definition) is 3. The van der Waals surface area contributed by atoms with Crippen LogP contribution in [0.3, 0.4) is 0 Å². The number of para-hydroxylation sites is 1. The molecule has 0 spiro atoms. The topological polar surface area (TPSA) is 57.6 Å². The van der Waals surface area contributed by atoms with Crippen LogP contribution in [0, 0.1) is 6.92 Å². The van der Waals surface area contributed by atoms with E-state index in [1.165, 1.54) is 5.39 Å². The van der Waals surface area contributed by atoms with Crippen LogP contribution in [0.25, 0.3) is 10.9 Å². The molecule has 1 aliphatic carbocycles. The first-order chi connectivity index (χ1) is 12.6. The van der Waals surface area contributed by atoms with Gasteiger partial charge in [0.1, 0.15) is 6.54 Å². The molecule has 0 bridgehead atoms. The number of carbonyl (C=O) groups is 2. The van der Waals surface area contributed by atoms with Crippen molar-refractivity contribution in [3.05, 3.63) is 36.0 Å². The van der Waals surface area contributed by atoms with E-state index < -0.39 is 0 Å². The van der Waals surface area contributed by atoms with Crippen molar-refractivity contribution in [2.75, 3.05) is 32.7 Å². The van der Waals surface area contributed by atoms with E-state index in [1.807, 2.05) is 24.0 Å². The lowest BCUT2D eigenvalue weighted by atomic mass is 10.2. The first-order valence-corrected chi connectivity index (χ1v) is 9.44. The average molecular weight is 354 g/mol. The lowest BCUT2D eigenvalue weighted by Crippen LogP contribution is -2.51. The first kappa shape index (κ1) is 17.1. The molecule has 26 heavy (non-hydrogen) atoms. The molecule has 2 aromatic rings. The maximum absolute atomic E-state index is 12.8. The van der Waals surface area contributed by atoms with Crippen LogP contribution in [0.2, 0.25) is 0 Å². The summed E-state index contributed by atoms with van der Waals surface area (Å²) in [7, 11) is 0. The number of aryl methyl sites for hydroxylation is 1. The maximum atomic E-state index is 12.8. The van der Waals surface area contributed by atoms with Crippen LogP contribution in [-0.4, -0.2) is 64.9 Å². The molecule has 2 aliphatic rings. The number of nitrogens with zero attached hydrogens (tertiary/aromatic N) is 3. The molecule has 1 N–H and O–H groups in total. The Labute approximate surface area is 153 Å². The third-order valence-corrected chi connectivity index (χ3v) is 5.35. The van der Waals surface area contributed by atoms with E-state index in [-0.39, 0.29) is 11.8 Å². The van der Waals surface area contributed by atoms with Crippen molar-refractivity contribution in [3.8, 4) is 0 Å². The second-order valence-electron chi connectivity index (χ2n) is 7.43. The first-order valence-electron chi connectivity index (χ1n) is 9.44. The van der Waals surface area contributed by atoms with Gasteiger partial charge in [0, 0.05) is 43.4 Å². The summed E-state index contributed by atoms with van der Waals surface area (Å²) in [5, 5.41) is 4.19. The molecular weight excluding hydrogens is 328 g/mol. The smallest absolute Gasteiger partial charge is 0.242 e. The van der Waals surface area contributed by atoms with Gasteiger partial charge in [-0.1, -0.05) is 18.2 Å².